The van der Waals surface area contributed by atoms with E-state index in [1.165, 1.54) is 25.9 Å². The number of hydrogen-bond acceptors (Lipinski definition) is 3. The third-order valence-electron chi connectivity index (χ3n) is 3.06. The maximum atomic E-state index is 5.53. The van der Waals surface area contributed by atoms with Crippen LogP contribution in [0.15, 0.2) is 0 Å². The highest BCUT2D eigenvalue weighted by atomic mass is 35.5. The number of nitrogens with zero attached hydrogens (tertiary/aromatic N) is 2. The lowest BCUT2D eigenvalue weighted by molar-refractivity contribution is 0.0881. The molecule has 0 saturated carbocycles. The second-order valence-corrected chi connectivity index (χ2v) is 4.72. The Morgan fingerprint density at radius 2 is 1.93 bits per heavy atom. The second kappa shape index (κ2) is 7.44. The summed E-state index contributed by atoms with van der Waals surface area (Å²) in [7, 11) is 4.34. The minimum atomic E-state index is 0.600. The van der Waals surface area contributed by atoms with E-state index in [1.54, 1.807) is 0 Å². The van der Waals surface area contributed by atoms with Gasteiger partial charge in [0.15, 0.2) is 0 Å². The normalized spacial score (nSPS) is 20.0. The van der Waals surface area contributed by atoms with Crippen LogP contribution in [0.25, 0.3) is 0 Å². The number of rotatable bonds is 6. The van der Waals surface area contributed by atoms with Crippen molar-refractivity contribution in [3.05, 3.63) is 0 Å². The van der Waals surface area contributed by atoms with E-state index in [2.05, 4.69) is 23.9 Å². The SMILES string of the molecule is CN(C)C1CCN(CCOCCCl)CC1. The Hall–Kier alpha value is 0.170. The Kier molecular flexibility index (Phi) is 6.57. The molecule has 15 heavy (non-hydrogen) atoms. The van der Waals surface area contributed by atoms with Gasteiger partial charge in [-0.2, -0.15) is 0 Å². The predicted molar refractivity (Wildman–Crippen MR) is 64.7 cm³/mol. The molecule has 1 aliphatic heterocycles. The molecule has 0 N–H and O–H groups in total. The number of alkyl halides is 1. The average Bonchev–Trinajstić information content (AvgIpc) is 2.25. The van der Waals surface area contributed by atoms with Gasteiger partial charge >= 0.3 is 0 Å². The van der Waals surface area contributed by atoms with Gasteiger partial charge in [0.25, 0.3) is 0 Å². The second-order valence-electron chi connectivity index (χ2n) is 4.34. The summed E-state index contributed by atoms with van der Waals surface area (Å²) in [5.41, 5.74) is 0. The first-order valence-electron chi connectivity index (χ1n) is 5.76. The maximum absolute atomic E-state index is 5.53. The summed E-state index contributed by atoms with van der Waals surface area (Å²) >= 11 is 5.53. The van der Waals surface area contributed by atoms with Gasteiger partial charge in [0, 0.05) is 18.5 Å². The summed E-state index contributed by atoms with van der Waals surface area (Å²) in [5.74, 6) is 0.600. The van der Waals surface area contributed by atoms with Gasteiger partial charge < -0.3 is 14.5 Å². The van der Waals surface area contributed by atoms with Gasteiger partial charge in [0.05, 0.1) is 13.2 Å². The predicted octanol–water partition coefficient (Wildman–Crippen LogP) is 1.27. The Bertz CT molecular complexity index is 159. The molecule has 1 fully saturated rings. The average molecular weight is 235 g/mol. The van der Waals surface area contributed by atoms with E-state index in [9.17, 15) is 0 Å². The summed E-state index contributed by atoms with van der Waals surface area (Å²) in [6, 6.07) is 0.769. The number of piperidine rings is 1. The van der Waals surface area contributed by atoms with Gasteiger partial charge in [-0.3, -0.25) is 0 Å². The third kappa shape index (κ3) is 5.16. The highest BCUT2D eigenvalue weighted by Crippen LogP contribution is 2.13. The van der Waals surface area contributed by atoms with E-state index in [-0.39, 0.29) is 0 Å². The van der Waals surface area contributed by atoms with E-state index in [4.69, 9.17) is 16.3 Å². The first-order valence-corrected chi connectivity index (χ1v) is 6.30. The number of hydrogen-bond donors (Lipinski definition) is 0. The molecule has 1 aliphatic rings. The fourth-order valence-electron chi connectivity index (χ4n) is 2.01. The summed E-state index contributed by atoms with van der Waals surface area (Å²) < 4.78 is 5.38. The summed E-state index contributed by atoms with van der Waals surface area (Å²) in [6.07, 6.45) is 2.56. The van der Waals surface area contributed by atoms with Crippen LogP contribution in [0.5, 0.6) is 0 Å². The monoisotopic (exact) mass is 234 g/mol. The fraction of sp³-hybridized carbons (Fsp3) is 1.00. The van der Waals surface area contributed by atoms with E-state index in [0.29, 0.717) is 12.5 Å². The number of halogens is 1. The van der Waals surface area contributed by atoms with E-state index >= 15 is 0 Å². The Balaban J connectivity index is 2.04. The molecule has 0 unspecified atom stereocenters. The van der Waals surface area contributed by atoms with Crippen LogP contribution in [0.1, 0.15) is 12.8 Å². The summed E-state index contributed by atoms with van der Waals surface area (Å²) in [6.45, 7) is 4.95. The van der Waals surface area contributed by atoms with Crippen molar-refractivity contribution >= 4 is 11.6 Å². The maximum Gasteiger partial charge on any atom is 0.0602 e. The zero-order chi connectivity index (χ0) is 11.1. The van der Waals surface area contributed by atoms with E-state index in [0.717, 1.165) is 19.2 Å². The van der Waals surface area contributed by atoms with Gasteiger partial charge in [0.1, 0.15) is 0 Å². The van der Waals surface area contributed by atoms with Gasteiger partial charge in [0.2, 0.25) is 0 Å². The molecule has 4 heteroatoms. The zero-order valence-corrected chi connectivity index (χ0v) is 10.7. The van der Waals surface area contributed by atoms with Gasteiger partial charge in [-0.15, -0.1) is 11.6 Å². The lowest BCUT2D eigenvalue weighted by Crippen LogP contribution is -2.43. The summed E-state index contributed by atoms with van der Waals surface area (Å²) in [4.78, 5) is 4.82. The Morgan fingerprint density at radius 1 is 1.27 bits per heavy atom. The highest BCUT2D eigenvalue weighted by molar-refractivity contribution is 6.17. The van der Waals surface area contributed by atoms with Crippen molar-refractivity contribution in [1.29, 1.82) is 0 Å². The van der Waals surface area contributed by atoms with E-state index < -0.39 is 0 Å². The van der Waals surface area contributed by atoms with Crippen LogP contribution in [0.3, 0.4) is 0 Å². The first kappa shape index (κ1) is 13.2. The Labute approximate surface area is 98.3 Å². The van der Waals surface area contributed by atoms with Crippen molar-refractivity contribution in [2.24, 2.45) is 0 Å². The van der Waals surface area contributed by atoms with Crippen molar-refractivity contribution in [2.45, 2.75) is 18.9 Å². The fourth-order valence-corrected chi connectivity index (χ4v) is 2.12. The molecule has 0 amide bonds. The zero-order valence-electron chi connectivity index (χ0n) is 9.91. The lowest BCUT2D eigenvalue weighted by Gasteiger charge is -2.35. The van der Waals surface area contributed by atoms with Crippen LogP contribution in [0.4, 0.5) is 0 Å². The molecule has 0 bridgehead atoms. The first-order chi connectivity index (χ1) is 7.24. The largest absolute Gasteiger partial charge is 0.379 e. The highest BCUT2D eigenvalue weighted by Gasteiger charge is 2.19. The quantitative estimate of drug-likeness (QED) is 0.509. The van der Waals surface area contributed by atoms with Gasteiger partial charge in [-0.05, 0) is 40.0 Å². The molecule has 3 nitrogen and oxygen atoms in total. The molecule has 0 aliphatic carbocycles. The van der Waals surface area contributed by atoms with Crippen molar-refractivity contribution in [1.82, 2.24) is 9.80 Å². The van der Waals surface area contributed by atoms with Crippen LogP contribution >= 0.6 is 11.6 Å². The molecule has 1 saturated heterocycles. The Morgan fingerprint density at radius 3 is 2.47 bits per heavy atom. The van der Waals surface area contributed by atoms with Crippen molar-refractivity contribution in [3.8, 4) is 0 Å². The smallest absolute Gasteiger partial charge is 0.0602 e. The van der Waals surface area contributed by atoms with Crippen LogP contribution in [0.2, 0.25) is 0 Å². The molecule has 0 radical (unpaired) electrons. The van der Waals surface area contributed by atoms with Crippen LogP contribution in [-0.2, 0) is 4.74 Å². The van der Waals surface area contributed by atoms with Gasteiger partial charge in [-0.1, -0.05) is 0 Å². The van der Waals surface area contributed by atoms with Crippen LogP contribution in [-0.4, -0.2) is 68.7 Å². The molecule has 0 aromatic heterocycles. The van der Waals surface area contributed by atoms with Crippen LogP contribution in [0, 0.1) is 0 Å². The molecule has 0 spiro atoms. The molecule has 0 aromatic rings. The number of likely N-dealkylation sites (tertiary alicyclic amines) is 1. The molecular formula is C11H23ClN2O. The van der Waals surface area contributed by atoms with Crippen molar-refractivity contribution in [3.63, 3.8) is 0 Å². The topological polar surface area (TPSA) is 15.7 Å². The minimum absolute atomic E-state index is 0.600. The molecule has 1 rings (SSSR count). The molecule has 1 heterocycles. The summed E-state index contributed by atoms with van der Waals surface area (Å²) in [5, 5.41) is 0. The minimum Gasteiger partial charge on any atom is -0.379 e. The molecule has 0 atom stereocenters. The van der Waals surface area contributed by atoms with Crippen LogP contribution < -0.4 is 0 Å². The molecule has 90 valence electrons. The standard InChI is InChI=1S/C11H23ClN2O/c1-13(2)11-3-6-14(7-4-11)8-10-15-9-5-12/h11H,3-10H2,1-2H3. The third-order valence-corrected chi connectivity index (χ3v) is 3.22. The number of ether oxygens (including phenoxy) is 1. The molecule has 0 aromatic carbocycles. The lowest BCUT2D eigenvalue weighted by atomic mass is 10.0. The van der Waals surface area contributed by atoms with Gasteiger partial charge in [-0.25, -0.2) is 0 Å². The van der Waals surface area contributed by atoms with E-state index in [1.807, 2.05) is 0 Å². The molecular weight excluding hydrogens is 212 g/mol. The van der Waals surface area contributed by atoms with Crippen molar-refractivity contribution < 1.29 is 4.74 Å². The van der Waals surface area contributed by atoms with Crippen molar-refractivity contribution in [2.75, 3.05) is 52.8 Å².